The van der Waals surface area contributed by atoms with Crippen LogP contribution in [0.1, 0.15) is 17.3 Å². The molecule has 2 aromatic carbocycles. The maximum Gasteiger partial charge on any atom is 0.276 e. The first-order chi connectivity index (χ1) is 11.4. The van der Waals surface area contributed by atoms with Crippen molar-refractivity contribution in [3.8, 4) is 0 Å². The van der Waals surface area contributed by atoms with Crippen molar-refractivity contribution in [2.24, 2.45) is 0 Å². The van der Waals surface area contributed by atoms with Crippen LogP contribution in [0.25, 0.3) is 0 Å². The van der Waals surface area contributed by atoms with Crippen LogP contribution in [-0.4, -0.2) is 23.7 Å². The van der Waals surface area contributed by atoms with Gasteiger partial charge in [-0.3, -0.25) is 9.63 Å². The lowest BCUT2D eigenvalue weighted by Crippen LogP contribution is -2.28. The number of anilines is 2. The molecule has 128 valence electrons. The van der Waals surface area contributed by atoms with Gasteiger partial charge in [-0.05, 0) is 65.9 Å². The van der Waals surface area contributed by atoms with E-state index >= 15 is 0 Å². The van der Waals surface area contributed by atoms with Crippen LogP contribution in [0.5, 0.6) is 0 Å². The van der Waals surface area contributed by atoms with Crippen LogP contribution in [0.15, 0.2) is 36.4 Å². The van der Waals surface area contributed by atoms with Gasteiger partial charge in [0.25, 0.3) is 5.91 Å². The van der Waals surface area contributed by atoms with E-state index < -0.39 is 17.8 Å². The molecule has 0 aliphatic heterocycles. The molecule has 0 fully saturated rings. The zero-order valence-electron chi connectivity index (χ0n) is 12.6. The van der Waals surface area contributed by atoms with E-state index in [-0.39, 0.29) is 17.9 Å². The molecule has 0 radical (unpaired) electrons. The van der Waals surface area contributed by atoms with Crippen molar-refractivity contribution in [3.05, 3.63) is 56.4 Å². The number of hydrogen-bond acceptors (Lipinski definition) is 4. The Balaban J connectivity index is 2.22. The van der Waals surface area contributed by atoms with E-state index in [0.29, 0.717) is 10.7 Å². The van der Waals surface area contributed by atoms with E-state index in [1.54, 1.807) is 12.1 Å². The van der Waals surface area contributed by atoms with Crippen LogP contribution in [0, 0.1) is 9.39 Å². The molecule has 0 bridgehead atoms. The molecule has 0 aromatic heterocycles. The minimum Gasteiger partial charge on any atom is -0.391 e. The van der Waals surface area contributed by atoms with Crippen molar-refractivity contribution in [2.75, 3.05) is 11.9 Å². The molecule has 2 aromatic rings. The van der Waals surface area contributed by atoms with Crippen molar-refractivity contribution < 1.29 is 19.1 Å². The topological polar surface area (TPSA) is 70.6 Å². The molecule has 0 aliphatic carbocycles. The van der Waals surface area contributed by atoms with Gasteiger partial charge in [-0.1, -0.05) is 11.6 Å². The molecule has 2 rings (SSSR count). The van der Waals surface area contributed by atoms with Crippen LogP contribution in [0.2, 0.25) is 5.02 Å². The highest BCUT2D eigenvalue weighted by Gasteiger charge is 2.14. The monoisotopic (exact) mass is 464 g/mol. The molecule has 0 heterocycles. The van der Waals surface area contributed by atoms with E-state index in [9.17, 15) is 9.18 Å². The Morgan fingerprint density at radius 3 is 2.75 bits per heavy atom. The summed E-state index contributed by atoms with van der Waals surface area (Å²) < 4.78 is 14.5. The summed E-state index contributed by atoms with van der Waals surface area (Å²) in [6.45, 7) is 1.47. The molecule has 8 heteroatoms. The maximum atomic E-state index is 13.6. The van der Waals surface area contributed by atoms with Gasteiger partial charge in [0, 0.05) is 3.57 Å². The number of aliphatic hydroxyl groups excluding tert-OH is 1. The van der Waals surface area contributed by atoms with Gasteiger partial charge in [-0.2, -0.15) is 0 Å². The molecule has 1 amide bonds. The number of benzene rings is 2. The minimum atomic E-state index is -0.721. The second-order valence-corrected chi connectivity index (χ2v) is 6.68. The van der Waals surface area contributed by atoms with Gasteiger partial charge in [0.1, 0.15) is 12.4 Å². The van der Waals surface area contributed by atoms with Crippen molar-refractivity contribution in [1.82, 2.24) is 5.48 Å². The maximum absolute atomic E-state index is 13.6. The Kier molecular flexibility index (Phi) is 6.79. The molecule has 1 atom stereocenters. The van der Waals surface area contributed by atoms with E-state index in [1.165, 1.54) is 25.1 Å². The Bertz CT molecular complexity index is 743. The molecule has 24 heavy (non-hydrogen) atoms. The second-order valence-electron chi connectivity index (χ2n) is 5.03. The summed E-state index contributed by atoms with van der Waals surface area (Å²) in [4.78, 5) is 17.1. The summed E-state index contributed by atoms with van der Waals surface area (Å²) in [7, 11) is 0. The number of nitrogens with one attached hydrogen (secondary N) is 2. The molecule has 1 unspecified atom stereocenters. The van der Waals surface area contributed by atoms with Crippen molar-refractivity contribution in [2.45, 2.75) is 13.0 Å². The average Bonchev–Trinajstić information content (AvgIpc) is 2.49. The number of halogens is 3. The number of rotatable bonds is 6. The van der Waals surface area contributed by atoms with Crippen LogP contribution < -0.4 is 10.8 Å². The number of carbonyl (C=O) groups excluding carboxylic acids is 1. The third kappa shape index (κ3) is 5.30. The predicted octanol–water partition coefficient (Wildman–Crippen LogP) is 3.87. The molecular weight excluding hydrogens is 450 g/mol. The molecule has 0 aliphatic rings. The Labute approximate surface area is 157 Å². The fourth-order valence-corrected chi connectivity index (χ4v) is 2.74. The molecule has 0 saturated carbocycles. The number of carbonyl (C=O) groups is 1. The lowest BCUT2D eigenvalue weighted by Gasteiger charge is -2.14. The Morgan fingerprint density at radius 1 is 1.33 bits per heavy atom. The number of hydrogen-bond donors (Lipinski definition) is 3. The van der Waals surface area contributed by atoms with Gasteiger partial charge >= 0.3 is 0 Å². The largest absolute Gasteiger partial charge is 0.391 e. The van der Waals surface area contributed by atoms with Gasteiger partial charge in [0.15, 0.2) is 0 Å². The highest BCUT2D eigenvalue weighted by molar-refractivity contribution is 14.1. The summed E-state index contributed by atoms with van der Waals surface area (Å²) in [5.41, 5.74) is 3.17. The van der Waals surface area contributed by atoms with Gasteiger partial charge < -0.3 is 10.4 Å². The second kappa shape index (κ2) is 8.61. The molecule has 0 spiro atoms. The van der Waals surface area contributed by atoms with Gasteiger partial charge in [-0.15, -0.1) is 0 Å². The highest BCUT2D eigenvalue weighted by Crippen LogP contribution is 2.29. The number of aliphatic hydroxyl groups is 1. The molecule has 3 N–H and O–H groups in total. The van der Waals surface area contributed by atoms with E-state index in [2.05, 4.69) is 33.4 Å². The highest BCUT2D eigenvalue weighted by atomic mass is 127. The van der Waals surface area contributed by atoms with E-state index in [0.717, 1.165) is 3.57 Å². The fraction of sp³-hybridized carbons (Fsp3) is 0.188. The number of amides is 1. The standard InChI is InChI=1S/C16H15ClFIN2O3/c1-9(22)8-24-21-16(23)12-4-2-10(18)6-15(12)20-14-5-3-11(19)7-13(14)17/h2-7,9,20,22H,8H2,1H3,(H,21,23). The zero-order valence-corrected chi connectivity index (χ0v) is 15.6. The summed E-state index contributed by atoms with van der Waals surface area (Å²) >= 11 is 8.28. The van der Waals surface area contributed by atoms with Gasteiger partial charge in [0.05, 0.1) is 28.1 Å². The van der Waals surface area contributed by atoms with Crippen molar-refractivity contribution >= 4 is 51.5 Å². The lowest BCUT2D eigenvalue weighted by molar-refractivity contribution is -0.00682. The normalized spacial score (nSPS) is 11.9. The molecular formula is C16H15ClFIN2O3. The van der Waals surface area contributed by atoms with Crippen LogP contribution >= 0.6 is 34.2 Å². The first-order valence-corrected chi connectivity index (χ1v) is 8.44. The van der Waals surface area contributed by atoms with Crippen LogP contribution in [-0.2, 0) is 4.84 Å². The van der Waals surface area contributed by atoms with Crippen molar-refractivity contribution in [1.29, 1.82) is 0 Å². The van der Waals surface area contributed by atoms with E-state index in [1.807, 2.05) is 6.07 Å². The summed E-state index contributed by atoms with van der Waals surface area (Å²) in [5.74, 6) is -1.07. The molecule has 0 saturated heterocycles. The SMILES string of the molecule is CC(O)CONC(=O)c1ccc(F)cc1Nc1ccc(I)cc1Cl. The first kappa shape index (κ1) is 18.9. The minimum absolute atomic E-state index is 0.0569. The quantitative estimate of drug-likeness (QED) is 0.448. The predicted molar refractivity (Wildman–Crippen MR) is 99.0 cm³/mol. The smallest absolute Gasteiger partial charge is 0.276 e. The van der Waals surface area contributed by atoms with E-state index in [4.69, 9.17) is 21.5 Å². The van der Waals surface area contributed by atoms with Gasteiger partial charge in [-0.25, -0.2) is 9.87 Å². The Hall–Kier alpha value is -1.42. The summed E-state index contributed by atoms with van der Waals surface area (Å²) in [6, 6.07) is 9.01. The number of hydroxylamine groups is 1. The van der Waals surface area contributed by atoms with Crippen LogP contribution in [0.4, 0.5) is 15.8 Å². The summed E-state index contributed by atoms with van der Waals surface area (Å²) in [6.07, 6.45) is -0.721. The first-order valence-electron chi connectivity index (χ1n) is 6.98. The average molecular weight is 465 g/mol. The zero-order chi connectivity index (χ0) is 17.7. The van der Waals surface area contributed by atoms with Crippen LogP contribution in [0.3, 0.4) is 0 Å². The third-order valence-electron chi connectivity index (χ3n) is 2.92. The lowest BCUT2D eigenvalue weighted by atomic mass is 10.1. The summed E-state index contributed by atoms with van der Waals surface area (Å²) in [5, 5.41) is 12.5. The third-order valence-corrected chi connectivity index (χ3v) is 3.90. The molecule has 5 nitrogen and oxygen atoms in total. The van der Waals surface area contributed by atoms with Crippen molar-refractivity contribution in [3.63, 3.8) is 0 Å². The van der Waals surface area contributed by atoms with Gasteiger partial charge in [0.2, 0.25) is 0 Å². The Morgan fingerprint density at radius 2 is 2.08 bits per heavy atom. The fourth-order valence-electron chi connectivity index (χ4n) is 1.84.